The minimum atomic E-state index is 0.00454. The highest BCUT2D eigenvalue weighted by molar-refractivity contribution is 5.91. The van der Waals surface area contributed by atoms with Crippen LogP contribution in [0.2, 0.25) is 0 Å². The summed E-state index contributed by atoms with van der Waals surface area (Å²) >= 11 is 0. The molecule has 2 atom stereocenters. The van der Waals surface area contributed by atoms with Gasteiger partial charge in [-0.05, 0) is 26.0 Å². The number of rotatable bonds is 2. The van der Waals surface area contributed by atoms with Gasteiger partial charge < -0.3 is 14.6 Å². The van der Waals surface area contributed by atoms with Crippen molar-refractivity contribution in [3.05, 3.63) is 23.7 Å². The quantitative estimate of drug-likeness (QED) is 0.849. The maximum Gasteiger partial charge on any atom is 0.289 e. The van der Waals surface area contributed by atoms with Gasteiger partial charge in [0.1, 0.15) is 5.76 Å². The summed E-state index contributed by atoms with van der Waals surface area (Å²) < 4.78 is 5.51. The van der Waals surface area contributed by atoms with E-state index >= 15 is 0 Å². The van der Waals surface area contributed by atoms with Crippen LogP contribution in [0, 0.1) is 0 Å². The van der Waals surface area contributed by atoms with E-state index in [9.17, 15) is 4.79 Å². The van der Waals surface area contributed by atoms with Gasteiger partial charge in [-0.3, -0.25) is 4.79 Å². The fraction of sp³-hybridized carbons (Fsp3) is 0.615. The molecule has 1 N–H and O–H groups in total. The topological polar surface area (TPSA) is 45.5 Å². The Bertz CT molecular complexity index is 390. The number of furan rings is 1. The van der Waals surface area contributed by atoms with Crippen molar-refractivity contribution < 1.29 is 9.21 Å². The van der Waals surface area contributed by atoms with E-state index in [2.05, 4.69) is 19.2 Å². The lowest BCUT2D eigenvalue weighted by molar-refractivity contribution is 0.0640. The molecular weight excluding hydrogens is 216 g/mol. The van der Waals surface area contributed by atoms with Crippen molar-refractivity contribution in [3.8, 4) is 0 Å². The molecule has 1 aliphatic rings. The average molecular weight is 236 g/mol. The predicted octanol–water partition coefficient (Wildman–Crippen LogP) is 1.66. The zero-order valence-electron chi connectivity index (χ0n) is 10.7. The zero-order valence-corrected chi connectivity index (χ0v) is 10.7. The molecule has 0 unspecified atom stereocenters. The molecule has 0 saturated carbocycles. The summed E-state index contributed by atoms with van der Waals surface area (Å²) in [6.07, 6.45) is 0.821. The molecule has 0 bridgehead atoms. The lowest BCUT2D eigenvalue weighted by atomic mass is 10.1. The SMILES string of the molecule is CCc1ccc(C(=O)N2C[C@H](C)N[C@@H](C)C2)o1. The molecule has 1 fully saturated rings. The Morgan fingerprint density at radius 2 is 2.06 bits per heavy atom. The molecule has 2 rings (SSSR count). The second kappa shape index (κ2) is 4.92. The summed E-state index contributed by atoms with van der Waals surface area (Å²) in [4.78, 5) is 14.1. The van der Waals surface area contributed by atoms with Crippen LogP contribution in [-0.4, -0.2) is 36.0 Å². The normalized spacial score (nSPS) is 25.0. The number of carbonyl (C=O) groups is 1. The molecule has 0 spiro atoms. The third-order valence-electron chi connectivity index (χ3n) is 3.07. The Hall–Kier alpha value is -1.29. The first kappa shape index (κ1) is 12.2. The van der Waals surface area contributed by atoms with Gasteiger partial charge in [-0.1, -0.05) is 6.92 Å². The summed E-state index contributed by atoms with van der Waals surface area (Å²) in [5, 5.41) is 3.41. The molecule has 1 amide bonds. The van der Waals surface area contributed by atoms with Crippen molar-refractivity contribution in [2.24, 2.45) is 0 Å². The molecule has 1 aromatic rings. The Balaban J connectivity index is 2.08. The number of aryl methyl sites for hydroxylation is 1. The van der Waals surface area contributed by atoms with Crippen LogP contribution in [0.5, 0.6) is 0 Å². The summed E-state index contributed by atoms with van der Waals surface area (Å²) in [5.41, 5.74) is 0. The largest absolute Gasteiger partial charge is 0.456 e. The van der Waals surface area contributed by atoms with Crippen LogP contribution in [0.25, 0.3) is 0 Å². The number of hydrogen-bond acceptors (Lipinski definition) is 3. The summed E-state index contributed by atoms with van der Waals surface area (Å²) in [6, 6.07) is 4.33. The van der Waals surface area contributed by atoms with Gasteiger partial charge in [-0.2, -0.15) is 0 Å². The van der Waals surface area contributed by atoms with E-state index in [-0.39, 0.29) is 5.91 Å². The van der Waals surface area contributed by atoms with E-state index in [0.717, 1.165) is 25.3 Å². The molecule has 4 heteroatoms. The molecule has 4 nitrogen and oxygen atoms in total. The number of amides is 1. The zero-order chi connectivity index (χ0) is 12.4. The second-order valence-electron chi connectivity index (χ2n) is 4.80. The highest BCUT2D eigenvalue weighted by Crippen LogP contribution is 2.14. The van der Waals surface area contributed by atoms with Crippen molar-refractivity contribution in [1.29, 1.82) is 0 Å². The first-order valence-electron chi connectivity index (χ1n) is 6.24. The summed E-state index contributed by atoms with van der Waals surface area (Å²) in [6.45, 7) is 7.68. The highest BCUT2D eigenvalue weighted by atomic mass is 16.4. The molecule has 17 heavy (non-hydrogen) atoms. The Morgan fingerprint density at radius 1 is 1.41 bits per heavy atom. The fourth-order valence-electron chi connectivity index (χ4n) is 2.33. The molecule has 94 valence electrons. The van der Waals surface area contributed by atoms with E-state index in [1.807, 2.05) is 17.9 Å². The third-order valence-corrected chi connectivity index (χ3v) is 3.07. The maximum absolute atomic E-state index is 12.2. The van der Waals surface area contributed by atoms with Crippen molar-refractivity contribution >= 4 is 5.91 Å². The Morgan fingerprint density at radius 3 is 2.59 bits per heavy atom. The monoisotopic (exact) mass is 236 g/mol. The molecule has 1 aromatic heterocycles. The van der Waals surface area contributed by atoms with E-state index in [0.29, 0.717) is 17.8 Å². The molecule has 1 saturated heterocycles. The van der Waals surface area contributed by atoms with Crippen LogP contribution in [0.15, 0.2) is 16.5 Å². The van der Waals surface area contributed by atoms with Gasteiger partial charge in [0.2, 0.25) is 0 Å². The number of nitrogens with zero attached hydrogens (tertiary/aromatic N) is 1. The summed E-state index contributed by atoms with van der Waals surface area (Å²) in [7, 11) is 0. The van der Waals surface area contributed by atoms with E-state index in [4.69, 9.17) is 4.42 Å². The Labute approximate surface area is 102 Å². The standard InChI is InChI=1S/C13H20N2O2/c1-4-11-5-6-12(17-11)13(16)15-7-9(2)14-10(3)8-15/h5-6,9-10,14H,4,7-8H2,1-3H3/t9-,10-/m0/s1. The molecule has 0 radical (unpaired) electrons. The fourth-order valence-corrected chi connectivity index (χ4v) is 2.33. The number of carbonyl (C=O) groups excluding carboxylic acids is 1. The van der Waals surface area contributed by atoms with Crippen LogP contribution in [0.3, 0.4) is 0 Å². The number of piperazine rings is 1. The van der Waals surface area contributed by atoms with Crippen molar-refractivity contribution in [1.82, 2.24) is 10.2 Å². The van der Waals surface area contributed by atoms with Gasteiger partial charge in [0.25, 0.3) is 5.91 Å². The predicted molar refractivity (Wildman–Crippen MR) is 66.0 cm³/mol. The van der Waals surface area contributed by atoms with Gasteiger partial charge in [0.05, 0.1) is 0 Å². The minimum Gasteiger partial charge on any atom is -0.456 e. The molecule has 2 heterocycles. The van der Waals surface area contributed by atoms with Crippen LogP contribution in [-0.2, 0) is 6.42 Å². The maximum atomic E-state index is 12.2. The van der Waals surface area contributed by atoms with Gasteiger partial charge >= 0.3 is 0 Å². The van der Waals surface area contributed by atoms with Crippen LogP contribution in [0.4, 0.5) is 0 Å². The van der Waals surface area contributed by atoms with E-state index in [1.165, 1.54) is 0 Å². The van der Waals surface area contributed by atoms with E-state index < -0.39 is 0 Å². The van der Waals surface area contributed by atoms with Gasteiger partial charge in [0, 0.05) is 31.6 Å². The first-order chi connectivity index (χ1) is 8.10. The Kier molecular flexibility index (Phi) is 3.52. The highest BCUT2D eigenvalue weighted by Gasteiger charge is 2.27. The van der Waals surface area contributed by atoms with Crippen LogP contribution < -0.4 is 5.32 Å². The third kappa shape index (κ3) is 2.69. The van der Waals surface area contributed by atoms with Crippen LogP contribution in [0.1, 0.15) is 37.1 Å². The average Bonchev–Trinajstić information content (AvgIpc) is 2.75. The first-order valence-corrected chi connectivity index (χ1v) is 6.24. The smallest absolute Gasteiger partial charge is 0.289 e. The lowest BCUT2D eigenvalue weighted by Crippen LogP contribution is -2.55. The van der Waals surface area contributed by atoms with Crippen LogP contribution >= 0.6 is 0 Å². The van der Waals surface area contributed by atoms with Gasteiger partial charge in [-0.25, -0.2) is 0 Å². The lowest BCUT2D eigenvalue weighted by Gasteiger charge is -2.35. The molecule has 0 aromatic carbocycles. The van der Waals surface area contributed by atoms with Crippen molar-refractivity contribution in [3.63, 3.8) is 0 Å². The molecular formula is C13H20N2O2. The summed E-state index contributed by atoms with van der Waals surface area (Å²) in [5.74, 6) is 1.33. The second-order valence-corrected chi connectivity index (χ2v) is 4.80. The van der Waals surface area contributed by atoms with Gasteiger partial charge in [0.15, 0.2) is 5.76 Å². The van der Waals surface area contributed by atoms with Crippen molar-refractivity contribution in [2.75, 3.05) is 13.1 Å². The molecule has 1 aliphatic heterocycles. The van der Waals surface area contributed by atoms with Crippen molar-refractivity contribution in [2.45, 2.75) is 39.3 Å². The van der Waals surface area contributed by atoms with E-state index in [1.54, 1.807) is 6.07 Å². The number of hydrogen-bond donors (Lipinski definition) is 1. The van der Waals surface area contributed by atoms with Gasteiger partial charge in [-0.15, -0.1) is 0 Å². The molecule has 0 aliphatic carbocycles. The minimum absolute atomic E-state index is 0.00454. The number of nitrogens with one attached hydrogen (secondary N) is 1.